The highest BCUT2D eigenvalue weighted by Gasteiger charge is 2.43. The number of hydrogen-bond donors (Lipinski definition) is 2. The molecule has 1 unspecified atom stereocenters. The van der Waals surface area contributed by atoms with Crippen LogP contribution in [0, 0.1) is 0 Å². The van der Waals surface area contributed by atoms with Crippen molar-refractivity contribution >= 4 is 5.91 Å². The number of nitrogens with zero attached hydrogens (tertiary/aromatic N) is 1. The second-order valence-corrected chi connectivity index (χ2v) is 7.56. The van der Waals surface area contributed by atoms with Crippen LogP contribution in [0.15, 0.2) is 0 Å². The molecule has 2 rings (SSSR count). The molecule has 2 aliphatic rings. The summed E-state index contributed by atoms with van der Waals surface area (Å²) < 4.78 is 0. The van der Waals surface area contributed by atoms with E-state index in [9.17, 15) is 4.79 Å². The van der Waals surface area contributed by atoms with E-state index < -0.39 is 0 Å². The van der Waals surface area contributed by atoms with Crippen LogP contribution in [0.1, 0.15) is 66.2 Å². The van der Waals surface area contributed by atoms with E-state index >= 15 is 0 Å². The van der Waals surface area contributed by atoms with E-state index in [0.29, 0.717) is 0 Å². The van der Waals surface area contributed by atoms with Crippen molar-refractivity contribution in [1.29, 1.82) is 0 Å². The fourth-order valence-electron chi connectivity index (χ4n) is 3.81. The van der Waals surface area contributed by atoms with Gasteiger partial charge in [-0.2, -0.15) is 0 Å². The molecule has 0 aromatic carbocycles. The molecule has 1 saturated carbocycles. The van der Waals surface area contributed by atoms with Gasteiger partial charge in [-0.05, 0) is 40.0 Å². The van der Waals surface area contributed by atoms with Crippen LogP contribution < -0.4 is 10.6 Å². The van der Waals surface area contributed by atoms with Crippen molar-refractivity contribution in [3.8, 4) is 0 Å². The topological polar surface area (TPSA) is 44.4 Å². The average molecular weight is 295 g/mol. The van der Waals surface area contributed by atoms with E-state index in [0.717, 1.165) is 26.1 Å². The Bertz CT molecular complexity index is 353. The van der Waals surface area contributed by atoms with Gasteiger partial charge in [0.2, 0.25) is 5.91 Å². The molecule has 0 aromatic heterocycles. The first kappa shape index (κ1) is 16.8. The number of nitrogens with one attached hydrogen (secondary N) is 2. The minimum atomic E-state index is -0.112. The summed E-state index contributed by atoms with van der Waals surface area (Å²) in [4.78, 5) is 15.2. The maximum absolute atomic E-state index is 12.7. The van der Waals surface area contributed by atoms with Gasteiger partial charge < -0.3 is 10.6 Å². The van der Waals surface area contributed by atoms with Gasteiger partial charge >= 0.3 is 0 Å². The highest BCUT2D eigenvalue weighted by Crippen LogP contribution is 2.35. The summed E-state index contributed by atoms with van der Waals surface area (Å²) in [6, 6.07) is -0.0315. The quantitative estimate of drug-likeness (QED) is 0.836. The first-order valence-electron chi connectivity index (χ1n) is 8.70. The lowest BCUT2D eigenvalue weighted by atomic mass is 9.78. The van der Waals surface area contributed by atoms with Crippen LogP contribution in [0.4, 0.5) is 0 Å². The summed E-state index contributed by atoms with van der Waals surface area (Å²) >= 11 is 0. The van der Waals surface area contributed by atoms with Gasteiger partial charge in [0.1, 0.15) is 0 Å². The van der Waals surface area contributed by atoms with E-state index in [1.807, 2.05) is 0 Å². The number of rotatable bonds is 4. The van der Waals surface area contributed by atoms with Crippen LogP contribution in [0.5, 0.6) is 0 Å². The normalized spacial score (nSPS) is 24.8. The van der Waals surface area contributed by atoms with E-state index in [1.165, 1.54) is 32.1 Å². The molecule has 1 spiro atoms. The van der Waals surface area contributed by atoms with Gasteiger partial charge in [-0.15, -0.1) is 0 Å². The summed E-state index contributed by atoms with van der Waals surface area (Å²) in [7, 11) is 0. The summed E-state index contributed by atoms with van der Waals surface area (Å²) in [5.74, 6) is 0.189. The van der Waals surface area contributed by atoms with Gasteiger partial charge in [0.15, 0.2) is 0 Å². The number of carbonyl (C=O) groups is 1. The standard InChI is InChI=1S/C17H33N3O/c1-5-16(3,4)19-15(21)14(2)20-12-11-18-13-17(20)9-7-6-8-10-17/h14,18H,5-13H2,1-4H3,(H,19,21). The fraction of sp³-hybridized carbons (Fsp3) is 0.941. The van der Waals surface area contributed by atoms with Crippen molar-refractivity contribution in [2.75, 3.05) is 19.6 Å². The maximum atomic E-state index is 12.7. The zero-order valence-corrected chi connectivity index (χ0v) is 14.3. The Hall–Kier alpha value is -0.610. The van der Waals surface area contributed by atoms with E-state index in [-0.39, 0.29) is 23.0 Å². The van der Waals surface area contributed by atoms with Gasteiger partial charge in [0.25, 0.3) is 0 Å². The van der Waals surface area contributed by atoms with Crippen LogP contribution in [0.2, 0.25) is 0 Å². The molecule has 21 heavy (non-hydrogen) atoms. The monoisotopic (exact) mass is 295 g/mol. The lowest BCUT2D eigenvalue weighted by molar-refractivity contribution is -0.132. The summed E-state index contributed by atoms with van der Waals surface area (Å²) in [6.45, 7) is 11.4. The number of hydrogen-bond acceptors (Lipinski definition) is 3. The first-order chi connectivity index (χ1) is 9.90. The molecular weight excluding hydrogens is 262 g/mol. The third kappa shape index (κ3) is 3.78. The van der Waals surface area contributed by atoms with Crippen LogP contribution >= 0.6 is 0 Å². The highest BCUT2D eigenvalue weighted by atomic mass is 16.2. The Labute approximate surface area is 130 Å². The molecule has 1 atom stereocenters. The van der Waals surface area contributed by atoms with Crippen molar-refractivity contribution in [2.45, 2.75) is 83.3 Å². The molecular formula is C17H33N3O. The Morgan fingerprint density at radius 1 is 1.33 bits per heavy atom. The number of amides is 1. The van der Waals surface area contributed by atoms with Crippen LogP contribution in [0.3, 0.4) is 0 Å². The van der Waals surface area contributed by atoms with Gasteiger partial charge in [-0.3, -0.25) is 9.69 Å². The van der Waals surface area contributed by atoms with Gasteiger partial charge in [0.05, 0.1) is 6.04 Å². The van der Waals surface area contributed by atoms with Gasteiger partial charge in [-0.1, -0.05) is 26.2 Å². The molecule has 1 aliphatic carbocycles. The summed E-state index contributed by atoms with van der Waals surface area (Å²) in [5, 5.41) is 6.78. The SMILES string of the molecule is CCC(C)(C)NC(=O)C(C)N1CCNCC12CCCCC2. The van der Waals surface area contributed by atoms with Crippen LogP contribution in [0.25, 0.3) is 0 Å². The molecule has 1 saturated heterocycles. The van der Waals surface area contributed by atoms with E-state index in [1.54, 1.807) is 0 Å². The molecule has 4 nitrogen and oxygen atoms in total. The molecule has 2 fully saturated rings. The first-order valence-corrected chi connectivity index (χ1v) is 8.70. The highest BCUT2D eigenvalue weighted by molar-refractivity contribution is 5.82. The van der Waals surface area contributed by atoms with Crippen molar-refractivity contribution in [2.24, 2.45) is 0 Å². The third-order valence-electron chi connectivity index (χ3n) is 5.57. The van der Waals surface area contributed by atoms with Crippen LogP contribution in [-0.2, 0) is 4.79 Å². The second kappa shape index (κ2) is 6.66. The predicted octanol–water partition coefficient (Wildman–Crippen LogP) is 2.29. The van der Waals surface area contributed by atoms with Crippen molar-refractivity contribution in [1.82, 2.24) is 15.5 Å². The molecule has 1 amide bonds. The zero-order chi connectivity index (χ0) is 15.5. The molecule has 0 bridgehead atoms. The lowest BCUT2D eigenvalue weighted by Gasteiger charge is -2.52. The Balaban J connectivity index is 2.08. The molecule has 2 N–H and O–H groups in total. The predicted molar refractivity (Wildman–Crippen MR) is 87.4 cm³/mol. The smallest absolute Gasteiger partial charge is 0.237 e. The van der Waals surface area contributed by atoms with Gasteiger partial charge in [-0.25, -0.2) is 0 Å². The molecule has 0 radical (unpaired) electrons. The largest absolute Gasteiger partial charge is 0.350 e. The van der Waals surface area contributed by atoms with Crippen molar-refractivity contribution < 1.29 is 4.79 Å². The Kier molecular flexibility index (Phi) is 5.31. The Morgan fingerprint density at radius 3 is 2.62 bits per heavy atom. The van der Waals surface area contributed by atoms with Gasteiger partial charge in [0, 0.05) is 30.7 Å². The molecule has 122 valence electrons. The second-order valence-electron chi connectivity index (χ2n) is 7.56. The van der Waals surface area contributed by atoms with Crippen LogP contribution in [-0.4, -0.2) is 47.6 Å². The third-order valence-corrected chi connectivity index (χ3v) is 5.57. The number of piperazine rings is 1. The maximum Gasteiger partial charge on any atom is 0.237 e. The molecule has 1 heterocycles. The minimum absolute atomic E-state index is 0.0315. The fourth-order valence-corrected chi connectivity index (χ4v) is 3.81. The summed E-state index contributed by atoms with van der Waals surface area (Å²) in [6.07, 6.45) is 7.36. The molecule has 4 heteroatoms. The van der Waals surface area contributed by atoms with E-state index in [4.69, 9.17) is 0 Å². The lowest BCUT2D eigenvalue weighted by Crippen LogP contribution is -2.67. The average Bonchev–Trinajstić information content (AvgIpc) is 2.47. The van der Waals surface area contributed by atoms with Crippen molar-refractivity contribution in [3.05, 3.63) is 0 Å². The molecule has 0 aromatic rings. The van der Waals surface area contributed by atoms with Crippen molar-refractivity contribution in [3.63, 3.8) is 0 Å². The zero-order valence-electron chi connectivity index (χ0n) is 14.3. The summed E-state index contributed by atoms with van der Waals surface area (Å²) in [5.41, 5.74) is 0.0999. The molecule has 1 aliphatic heterocycles. The number of carbonyl (C=O) groups excluding carboxylic acids is 1. The van der Waals surface area contributed by atoms with E-state index in [2.05, 4.69) is 43.2 Å². The minimum Gasteiger partial charge on any atom is -0.350 e. The Morgan fingerprint density at radius 2 is 2.00 bits per heavy atom.